The van der Waals surface area contributed by atoms with Gasteiger partial charge in [-0.25, -0.2) is 9.18 Å². The van der Waals surface area contributed by atoms with Gasteiger partial charge in [-0.1, -0.05) is 37.6 Å². The van der Waals surface area contributed by atoms with Crippen molar-refractivity contribution >= 4 is 45.9 Å². The smallest absolute Gasteiger partial charge is 0.341 e. The topological polar surface area (TPSA) is 115 Å². The molecule has 0 radical (unpaired) electrons. The number of aromatic nitrogens is 3. The summed E-state index contributed by atoms with van der Waals surface area (Å²) < 4.78 is 20.7. The highest BCUT2D eigenvalue weighted by Gasteiger charge is 2.27. The van der Waals surface area contributed by atoms with E-state index >= 15 is 0 Å². The molecule has 9 nitrogen and oxygen atoms in total. The summed E-state index contributed by atoms with van der Waals surface area (Å²) in [5.74, 6) is -0.918. The van der Waals surface area contributed by atoms with Gasteiger partial charge in [0.05, 0.1) is 24.5 Å². The van der Waals surface area contributed by atoms with E-state index < -0.39 is 17.7 Å². The SMILES string of the molecule is CCCCn1c(CNC(=O)c2cccc(F)c2)nnc1SCC(=O)Nc1sc2c(c1C(=O)OCC)CCCCC2. The number of amides is 2. The minimum atomic E-state index is -0.483. The average Bonchev–Trinajstić information content (AvgIpc) is 3.40. The molecule has 1 aliphatic carbocycles. The van der Waals surface area contributed by atoms with Crippen molar-refractivity contribution in [2.45, 2.75) is 77.0 Å². The molecule has 0 spiro atoms. The Kier molecular flexibility index (Phi) is 10.7. The maximum Gasteiger partial charge on any atom is 0.341 e. The van der Waals surface area contributed by atoms with Crippen LogP contribution in [0.1, 0.15) is 82.9 Å². The first-order valence-corrected chi connectivity index (χ1v) is 15.4. The molecular formula is C28H34FN5O4S2. The molecule has 0 saturated carbocycles. The van der Waals surface area contributed by atoms with Gasteiger partial charge in [0, 0.05) is 17.0 Å². The highest BCUT2D eigenvalue weighted by molar-refractivity contribution is 7.99. The number of thioether (sulfide) groups is 1. The van der Waals surface area contributed by atoms with Crippen molar-refractivity contribution in [3.63, 3.8) is 0 Å². The lowest BCUT2D eigenvalue weighted by Crippen LogP contribution is -2.25. The van der Waals surface area contributed by atoms with E-state index in [9.17, 15) is 18.8 Å². The maximum atomic E-state index is 13.5. The average molecular weight is 588 g/mol. The molecule has 2 heterocycles. The number of rotatable bonds is 12. The lowest BCUT2D eigenvalue weighted by molar-refractivity contribution is -0.113. The highest BCUT2D eigenvalue weighted by atomic mass is 32.2. The third kappa shape index (κ3) is 7.48. The number of unbranched alkanes of at least 4 members (excludes halogenated alkanes) is 1. The van der Waals surface area contributed by atoms with Crippen LogP contribution in [-0.2, 0) is 35.5 Å². The normalized spacial score (nSPS) is 12.9. The van der Waals surface area contributed by atoms with Gasteiger partial charge >= 0.3 is 5.97 Å². The Morgan fingerprint density at radius 3 is 2.75 bits per heavy atom. The van der Waals surface area contributed by atoms with E-state index in [0.717, 1.165) is 55.4 Å². The van der Waals surface area contributed by atoms with Crippen molar-refractivity contribution in [2.75, 3.05) is 17.7 Å². The van der Waals surface area contributed by atoms with Crippen LogP contribution in [0.4, 0.5) is 9.39 Å². The van der Waals surface area contributed by atoms with Crippen molar-refractivity contribution in [2.24, 2.45) is 0 Å². The van der Waals surface area contributed by atoms with Crippen molar-refractivity contribution in [1.29, 1.82) is 0 Å². The molecule has 40 heavy (non-hydrogen) atoms. The molecule has 3 aromatic rings. The number of nitrogens with one attached hydrogen (secondary N) is 2. The van der Waals surface area contributed by atoms with Crippen molar-refractivity contribution in [1.82, 2.24) is 20.1 Å². The Morgan fingerprint density at radius 1 is 1.15 bits per heavy atom. The number of nitrogens with zero attached hydrogens (tertiary/aromatic N) is 3. The number of halogens is 1. The van der Waals surface area contributed by atoms with Gasteiger partial charge in [-0.15, -0.1) is 21.5 Å². The first-order valence-electron chi connectivity index (χ1n) is 13.6. The molecule has 0 unspecified atom stereocenters. The maximum absolute atomic E-state index is 13.5. The zero-order valence-corrected chi connectivity index (χ0v) is 24.4. The first-order chi connectivity index (χ1) is 19.4. The van der Waals surface area contributed by atoms with E-state index in [0.29, 0.717) is 28.1 Å². The predicted octanol–water partition coefficient (Wildman–Crippen LogP) is 5.39. The second kappa shape index (κ2) is 14.4. The quantitative estimate of drug-likeness (QED) is 0.166. The Hall–Kier alpha value is -3.25. The number of hydrogen-bond donors (Lipinski definition) is 2. The molecule has 2 aromatic heterocycles. The molecule has 1 aromatic carbocycles. The van der Waals surface area contributed by atoms with E-state index in [1.807, 2.05) is 4.57 Å². The summed E-state index contributed by atoms with van der Waals surface area (Å²) in [6.07, 6.45) is 6.72. The van der Waals surface area contributed by atoms with E-state index in [4.69, 9.17) is 4.74 Å². The fourth-order valence-corrected chi connectivity index (χ4v) is 6.61. The summed E-state index contributed by atoms with van der Waals surface area (Å²) in [4.78, 5) is 39.4. The van der Waals surface area contributed by atoms with Gasteiger partial charge in [-0.05, 0) is 62.8 Å². The van der Waals surface area contributed by atoms with E-state index in [1.165, 1.54) is 41.3 Å². The largest absolute Gasteiger partial charge is 0.462 e. The monoisotopic (exact) mass is 587 g/mol. The van der Waals surface area contributed by atoms with Crippen LogP contribution in [0, 0.1) is 5.82 Å². The number of esters is 1. The van der Waals surface area contributed by atoms with E-state index in [2.05, 4.69) is 27.8 Å². The minimum Gasteiger partial charge on any atom is -0.462 e. The Bertz CT molecular complexity index is 1360. The van der Waals surface area contributed by atoms with Crippen LogP contribution in [0.5, 0.6) is 0 Å². The number of benzene rings is 1. The Balaban J connectivity index is 1.43. The predicted molar refractivity (Wildman–Crippen MR) is 153 cm³/mol. The lowest BCUT2D eigenvalue weighted by Gasteiger charge is -2.11. The lowest BCUT2D eigenvalue weighted by atomic mass is 10.1. The molecule has 0 bridgehead atoms. The summed E-state index contributed by atoms with van der Waals surface area (Å²) in [5, 5.41) is 15.3. The van der Waals surface area contributed by atoms with Crippen LogP contribution in [0.3, 0.4) is 0 Å². The van der Waals surface area contributed by atoms with E-state index in [-0.39, 0.29) is 30.4 Å². The molecule has 12 heteroatoms. The highest BCUT2D eigenvalue weighted by Crippen LogP contribution is 2.38. The molecule has 0 atom stereocenters. The molecular weight excluding hydrogens is 553 g/mol. The molecule has 0 fully saturated rings. The van der Waals surface area contributed by atoms with Crippen molar-refractivity contribution < 1.29 is 23.5 Å². The fourth-order valence-electron chi connectivity index (χ4n) is 4.53. The minimum absolute atomic E-state index is 0.0741. The van der Waals surface area contributed by atoms with Gasteiger partial charge in [0.1, 0.15) is 10.8 Å². The van der Waals surface area contributed by atoms with Crippen LogP contribution < -0.4 is 10.6 Å². The third-order valence-electron chi connectivity index (χ3n) is 6.51. The van der Waals surface area contributed by atoms with Crippen molar-refractivity contribution in [3.8, 4) is 0 Å². The second-order valence-electron chi connectivity index (χ2n) is 9.42. The zero-order chi connectivity index (χ0) is 28.5. The number of anilines is 1. The Labute approximate surface area is 241 Å². The summed E-state index contributed by atoms with van der Waals surface area (Å²) in [6.45, 7) is 4.85. The van der Waals surface area contributed by atoms with Crippen LogP contribution >= 0.6 is 23.1 Å². The first kappa shape index (κ1) is 29.7. The zero-order valence-electron chi connectivity index (χ0n) is 22.8. The molecule has 0 saturated heterocycles. The summed E-state index contributed by atoms with van der Waals surface area (Å²) >= 11 is 2.71. The van der Waals surface area contributed by atoms with Crippen LogP contribution in [-0.4, -0.2) is 44.9 Å². The molecule has 4 rings (SSSR count). The third-order valence-corrected chi connectivity index (χ3v) is 8.68. The van der Waals surface area contributed by atoms with Crippen LogP contribution in [0.25, 0.3) is 0 Å². The molecule has 2 amide bonds. The molecule has 214 valence electrons. The van der Waals surface area contributed by atoms with Gasteiger partial charge in [0.15, 0.2) is 11.0 Å². The van der Waals surface area contributed by atoms with Gasteiger partial charge in [0.25, 0.3) is 5.91 Å². The number of aryl methyl sites for hydroxylation is 1. The second-order valence-corrected chi connectivity index (χ2v) is 11.5. The standard InChI is InChI=1S/C28H34FN5O4S2/c1-3-5-14-34-22(16-30-25(36)18-10-9-11-19(29)15-18)32-33-28(34)39-17-23(35)31-26-24(27(37)38-4-2)20-12-7-6-8-13-21(20)40-26/h9-11,15H,3-8,12-14,16-17H2,1-2H3,(H,30,36)(H,31,35). The van der Waals surface area contributed by atoms with Crippen LogP contribution in [0.15, 0.2) is 29.4 Å². The number of carbonyl (C=O) groups excluding carboxylic acids is 3. The Morgan fingerprint density at radius 2 is 1.98 bits per heavy atom. The number of ether oxygens (including phenoxy) is 1. The summed E-state index contributed by atoms with van der Waals surface area (Å²) in [6, 6.07) is 5.48. The molecule has 1 aliphatic rings. The number of thiophene rings is 1. The number of hydrogen-bond acceptors (Lipinski definition) is 8. The summed E-state index contributed by atoms with van der Waals surface area (Å²) in [7, 11) is 0. The summed E-state index contributed by atoms with van der Waals surface area (Å²) in [5.41, 5.74) is 1.72. The van der Waals surface area contributed by atoms with Gasteiger partial charge in [-0.2, -0.15) is 0 Å². The number of fused-ring (bicyclic) bond motifs is 1. The van der Waals surface area contributed by atoms with Gasteiger partial charge < -0.3 is 19.9 Å². The number of carbonyl (C=O) groups is 3. The van der Waals surface area contributed by atoms with Gasteiger partial charge in [0.2, 0.25) is 5.91 Å². The van der Waals surface area contributed by atoms with Crippen molar-refractivity contribution in [3.05, 3.63) is 57.5 Å². The molecule has 2 N–H and O–H groups in total. The van der Waals surface area contributed by atoms with E-state index in [1.54, 1.807) is 13.0 Å². The van der Waals surface area contributed by atoms with Crippen LogP contribution in [0.2, 0.25) is 0 Å². The molecule has 0 aliphatic heterocycles. The van der Waals surface area contributed by atoms with Gasteiger partial charge in [-0.3, -0.25) is 9.59 Å². The fraction of sp³-hybridized carbons (Fsp3) is 0.464.